The van der Waals surface area contributed by atoms with Crippen molar-refractivity contribution in [2.45, 2.75) is 7.59 Å². The highest BCUT2D eigenvalue weighted by atomic mass is 35.6. The fourth-order valence-electron chi connectivity index (χ4n) is 0.606. The third-order valence-corrected chi connectivity index (χ3v) is 2.43. The van der Waals surface area contributed by atoms with E-state index in [9.17, 15) is 9.59 Å². The van der Waals surface area contributed by atoms with Crippen molar-refractivity contribution < 1.29 is 19.1 Å². The molecule has 0 aromatic carbocycles. The zero-order chi connectivity index (χ0) is 14.6. The molecule has 0 aromatic heterocycles. The van der Waals surface area contributed by atoms with Gasteiger partial charge in [-0.3, -0.25) is 4.79 Å². The number of ether oxygens (including phenoxy) is 2. The van der Waals surface area contributed by atoms with E-state index >= 15 is 0 Å². The summed E-state index contributed by atoms with van der Waals surface area (Å²) in [5.41, 5.74) is 0. The third kappa shape index (κ3) is 7.12. The highest BCUT2D eigenvalue weighted by Gasteiger charge is 2.33. The quantitative estimate of drug-likeness (QED) is 0.326. The Bertz CT molecular complexity index is 354. The maximum Gasteiger partial charge on any atom is 0.358 e. The van der Waals surface area contributed by atoms with Crippen LogP contribution >= 0.6 is 69.6 Å². The van der Waals surface area contributed by atoms with Gasteiger partial charge in [-0.15, -0.1) is 0 Å². The number of methoxy groups -OCH3 is 1. The molecule has 0 heterocycles. The van der Waals surface area contributed by atoms with E-state index in [1.54, 1.807) is 0 Å². The van der Waals surface area contributed by atoms with E-state index in [0.29, 0.717) is 0 Å². The van der Waals surface area contributed by atoms with Crippen molar-refractivity contribution in [3.05, 3.63) is 11.8 Å². The molecule has 0 saturated carbocycles. The number of carbonyl (C=O) groups is 2. The van der Waals surface area contributed by atoms with E-state index in [4.69, 9.17) is 74.3 Å². The second kappa shape index (κ2) is 7.27. The number of alkyl halides is 6. The Morgan fingerprint density at radius 3 is 1.89 bits per heavy atom. The fraction of sp³-hybridized carbons (Fsp3) is 0.500. The van der Waals surface area contributed by atoms with E-state index < -0.39 is 25.9 Å². The molecule has 104 valence electrons. The molecule has 0 N–H and O–H groups in total. The minimum Gasteiger partial charge on any atom is -0.497 e. The molecule has 0 spiro atoms. The van der Waals surface area contributed by atoms with Crippen molar-refractivity contribution in [2.75, 3.05) is 13.7 Å². The molecule has 0 atom stereocenters. The molecule has 4 nitrogen and oxygen atoms in total. The number of halogens is 6. The van der Waals surface area contributed by atoms with Gasteiger partial charge in [-0.05, 0) is 0 Å². The summed E-state index contributed by atoms with van der Waals surface area (Å²) in [6.45, 7) is -0.449. The summed E-state index contributed by atoms with van der Waals surface area (Å²) < 4.78 is 4.94. The van der Waals surface area contributed by atoms with Crippen molar-refractivity contribution >= 4 is 81.4 Å². The number of esters is 1. The van der Waals surface area contributed by atoms with Gasteiger partial charge in [0.1, 0.15) is 12.4 Å². The summed E-state index contributed by atoms with van der Waals surface area (Å²) in [4.78, 5) is 22.4. The molecule has 0 rings (SSSR count). The number of hydrogen-bond acceptors (Lipinski definition) is 4. The monoisotopic (exact) mass is 376 g/mol. The smallest absolute Gasteiger partial charge is 0.358 e. The average Bonchev–Trinajstić information content (AvgIpc) is 2.20. The van der Waals surface area contributed by atoms with Crippen LogP contribution in [0.5, 0.6) is 0 Å². The van der Waals surface area contributed by atoms with Crippen LogP contribution in [0.25, 0.3) is 0 Å². The van der Waals surface area contributed by atoms with Crippen molar-refractivity contribution in [1.82, 2.24) is 0 Å². The van der Waals surface area contributed by atoms with Crippen molar-refractivity contribution in [2.24, 2.45) is 0 Å². The Morgan fingerprint density at radius 1 is 1.06 bits per heavy atom. The van der Waals surface area contributed by atoms with Gasteiger partial charge < -0.3 is 9.47 Å². The van der Waals surface area contributed by atoms with Crippen LogP contribution in [0.4, 0.5) is 0 Å². The van der Waals surface area contributed by atoms with E-state index in [1.165, 1.54) is 7.11 Å². The minimum absolute atomic E-state index is 0.0751. The molecular weight excluding hydrogens is 373 g/mol. The molecule has 0 saturated heterocycles. The lowest BCUT2D eigenvalue weighted by Gasteiger charge is -2.12. The maximum absolute atomic E-state index is 11.3. The Balaban J connectivity index is 4.60. The van der Waals surface area contributed by atoms with E-state index in [1.807, 2.05) is 0 Å². The van der Waals surface area contributed by atoms with Crippen LogP contribution in [0.3, 0.4) is 0 Å². The number of hydrogen-bond donors (Lipinski definition) is 0. The summed E-state index contributed by atoms with van der Waals surface area (Å²) in [6.07, 6.45) is 0.860. The van der Waals surface area contributed by atoms with Gasteiger partial charge in [0.05, 0.1) is 7.11 Å². The van der Waals surface area contributed by atoms with Gasteiger partial charge in [-0.1, -0.05) is 69.6 Å². The van der Waals surface area contributed by atoms with Crippen LogP contribution in [0.2, 0.25) is 0 Å². The summed E-state index contributed by atoms with van der Waals surface area (Å²) in [7, 11) is 1.22. The largest absolute Gasteiger partial charge is 0.497 e. The van der Waals surface area contributed by atoms with E-state index in [2.05, 4.69) is 4.74 Å². The highest BCUT2D eigenvalue weighted by Crippen LogP contribution is 2.29. The number of rotatable bonds is 4. The molecule has 0 unspecified atom stereocenters. The summed E-state index contributed by atoms with van der Waals surface area (Å²) in [5, 5.41) is 0. The molecule has 0 fully saturated rings. The Morgan fingerprint density at radius 2 is 1.56 bits per heavy atom. The lowest BCUT2D eigenvalue weighted by Crippen LogP contribution is -2.24. The molecule has 0 amide bonds. The van der Waals surface area contributed by atoms with Gasteiger partial charge in [-0.25, -0.2) is 4.79 Å². The van der Waals surface area contributed by atoms with Gasteiger partial charge in [0, 0.05) is 6.08 Å². The lowest BCUT2D eigenvalue weighted by atomic mass is 10.3. The standard InChI is InChI=1S/C8H6Cl6O4/c1-17-4(2-5(15)7(9,10)11)3-18-6(16)8(12,13)14/h2H,3H2,1H3. The molecule has 0 aromatic rings. The predicted octanol–water partition coefficient (Wildman–Crippen LogP) is 3.37. The zero-order valence-electron chi connectivity index (χ0n) is 8.69. The van der Waals surface area contributed by atoms with Gasteiger partial charge in [0.2, 0.25) is 5.78 Å². The van der Waals surface area contributed by atoms with E-state index in [-0.39, 0.29) is 5.76 Å². The summed E-state index contributed by atoms with van der Waals surface area (Å²) in [5.74, 6) is -2.07. The van der Waals surface area contributed by atoms with Crippen LogP contribution in [0.15, 0.2) is 11.8 Å². The van der Waals surface area contributed by atoms with Gasteiger partial charge in [0.15, 0.2) is 0 Å². The lowest BCUT2D eigenvalue weighted by molar-refractivity contribution is -0.142. The fourth-order valence-corrected chi connectivity index (χ4v) is 0.933. The molecule has 0 aliphatic carbocycles. The number of ketones is 1. The first-order valence-corrected chi connectivity index (χ1v) is 6.35. The highest BCUT2D eigenvalue weighted by molar-refractivity contribution is 6.77. The van der Waals surface area contributed by atoms with Crippen LogP contribution in [-0.2, 0) is 19.1 Å². The molecule has 10 heteroatoms. The van der Waals surface area contributed by atoms with Crippen LogP contribution < -0.4 is 0 Å². The van der Waals surface area contributed by atoms with Gasteiger partial charge in [0.25, 0.3) is 7.59 Å². The third-order valence-electron chi connectivity index (χ3n) is 1.41. The maximum atomic E-state index is 11.3. The first kappa shape index (κ1) is 18.4. The summed E-state index contributed by atoms with van der Waals surface area (Å²) >= 11 is 31.8. The number of allylic oxidation sites excluding steroid dienone is 1. The Hall–Kier alpha value is 0.420. The van der Waals surface area contributed by atoms with Crippen molar-refractivity contribution in [3.63, 3.8) is 0 Å². The molecular formula is C8H6Cl6O4. The van der Waals surface area contributed by atoms with Crippen LogP contribution in [0, 0.1) is 0 Å². The Labute approximate surface area is 133 Å². The van der Waals surface area contributed by atoms with Gasteiger partial charge >= 0.3 is 5.97 Å². The second-order valence-electron chi connectivity index (χ2n) is 2.75. The topological polar surface area (TPSA) is 52.6 Å². The van der Waals surface area contributed by atoms with E-state index in [0.717, 1.165) is 6.08 Å². The average molecular weight is 379 g/mol. The first-order chi connectivity index (χ1) is 7.98. The predicted molar refractivity (Wildman–Crippen MR) is 71.6 cm³/mol. The van der Waals surface area contributed by atoms with Crippen molar-refractivity contribution in [1.29, 1.82) is 0 Å². The minimum atomic E-state index is -2.22. The molecule has 0 aliphatic rings. The molecule has 18 heavy (non-hydrogen) atoms. The SMILES string of the molecule is COC(=CC(=O)C(Cl)(Cl)Cl)COC(=O)C(Cl)(Cl)Cl. The summed E-state index contributed by atoms with van der Waals surface area (Å²) in [6, 6.07) is 0. The zero-order valence-corrected chi connectivity index (χ0v) is 13.2. The van der Waals surface area contributed by atoms with Crippen LogP contribution in [0.1, 0.15) is 0 Å². The van der Waals surface area contributed by atoms with Gasteiger partial charge in [-0.2, -0.15) is 0 Å². The number of carbonyl (C=O) groups excluding carboxylic acids is 2. The molecule has 0 aliphatic heterocycles. The second-order valence-corrected chi connectivity index (χ2v) is 7.31. The first-order valence-electron chi connectivity index (χ1n) is 4.08. The molecule has 0 bridgehead atoms. The molecule has 0 radical (unpaired) electrons. The van der Waals surface area contributed by atoms with Crippen molar-refractivity contribution in [3.8, 4) is 0 Å². The normalized spacial score (nSPS) is 13.2. The van der Waals surface area contributed by atoms with Crippen LogP contribution in [-0.4, -0.2) is 33.1 Å². The Kier molecular flexibility index (Phi) is 7.44.